The average molecular weight is 291 g/mol. The minimum atomic E-state index is 0.257. The molecule has 0 amide bonds. The second-order valence-corrected chi connectivity index (χ2v) is 6.16. The molecular weight excluding hydrogens is 262 g/mol. The number of benzene rings is 1. The fourth-order valence-corrected chi connectivity index (χ4v) is 3.03. The summed E-state index contributed by atoms with van der Waals surface area (Å²) in [5, 5.41) is 3.37. The standard InChI is InChI=1S/C18H29NO2/c1-13-8-9-15(10-14(13)2)18(19-3)12-21-17-7-5-6-16(11-17)20-4/h8-10,16-19H,5-7,11-12H2,1-4H3. The molecule has 1 aromatic carbocycles. The van der Waals surface area contributed by atoms with E-state index in [0.717, 1.165) is 19.4 Å². The first-order valence-electron chi connectivity index (χ1n) is 8.02. The first-order chi connectivity index (χ1) is 10.1. The van der Waals surface area contributed by atoms with Crippen molar-refractivity contribution in [2.24, 2.45) is 0 Å². The van der Waals surface area contributed by atoms with Crippen molar-refractivity contribution in [2.75, 3.05) is 20.8 Å². The maximum absolute atomic E-state index is 6.15. The third-order valence-electron chi connectivity index (χ3n) is 4.69. The molecule has 3 heteroatoms. The Morgan fingerprint density at radius 1 is 1.19 bits per heavy atom. The van der Waals surface area contributed by atoms with Crippen molar-refractivity contribution in [3.8, 4) is 0 Å². The summed E-state index contributed by atoms with van der Waals surface area (Å²) in [6.07, 6.45) is 5.27. The Kier molecular flexibility index (Phi) is 6.22. The number of nitrogens with one attached hydrogen (secondary N) is 1. The molecule has 1 aliphatic rings. The van der Waals surface area contributed by atoms with Gasteiger partial charge in [-0.1, -0.05) is 18.2 Å². The summed E-state index contributed by atoms with van der Waals surface area (Å²) in [4.78, 5) is 0. The van der Waals surface area contributed by atoms with Crippen LogP contribution in [0.3, 0.4) is 0 Å². The van der Waals surface area contributed by atoms with Gasteiger partial charge in [0, 0.05) is 7.11 Å². The predicted molar refractivity (Wildman–Crippen MR) is 86.7 cm³/mol. The van der Waals surface area contributed by atoms with Crippen LogP contribution in [0.2, 0.25) is 0 Å². The van der Waals surface area contributed by atoms with Crippen molar-refractivity contribution < 1.29 is 9.47 Å². The molecule has 118 valence electrons. The molecule has 1 fully saturated rings. The van der Waals surface area contributed by atoms with Crippen LogP contribution in [0.5, 0.6) is 0 Å². The molecule has 0 spiro atoms. The fraction of sp³-hybridized carbons (Fsp3) is 0.667. The maximum atomic E-state index is 6.15. The Labute approximate surface area is 129 Å². The topological polar surface area (TPSA) is 30.5 Å². The van der Waals surface area contributed by atoms with Crippen molar-refractivity contribution in [3.05, 3.63) is 34.9 Å². The van der Waals surface area contributed by atoms with E-state index in [1.54, 1.807) is 7.11 Å². The fourth-order valence-electron chi connectivity index (χ4n) is 3.03. The third-order valence-corrected chi connectivity index (χ3v) is 4.69. The lowest BCUT2D eigenvalue weighted by Gasteiger charge is -2.29. The Hall–Kier alpha value is -0.900. The normalized spacial score (nSPS) is 24.0. The summed E-state index contributed by atoms with van der Waals surface area (Å²) >= 11 is 0. The molecule has 3 nitrogen and oxygen atoms in total. The van der Waals surface area contributed by atoms with E-state index >= 15 is 0 Å². The van der Waals surface area contributed by atoms with Gasteiger partial charge >= 0.3 is 0 Å². The van der Waals surface area contributed by atoms with Crippen LogP contribution >= 0.6 is 0 Å². The van der Waals surface area contributed by atoms with Crippen LogP contribution in [-0.2, 0) is 9.47 Å². The highest BCUT2D eigenvalue weighted by Crippen LogP contribution is 2.25. The Bertz CT molecular complexity index is 447. The Balaban J connectivity index is 1.91. The van der Waals surface area contributed by atoms with Gasteiger partial charge in [0.15, 0.2) is 0 Å². The zero-order valence-electron chi connectivity index (χ0n) is 13.8. The molecule has 0 aliphatic heterocycles. The molecule has 3 unspecified atom stereocenters. The molecule has 0 radical (unpaired) electrons. The van der Waals surface area contributed by atoms with Crippen LogP contribution in [0, 0.1) is 13.8 Å². The zero-order chi connectivity index (χ0) is 15.2. The highest BCUT2D eigenvalue weighted by atomic mass is 16.5. The molecule has 1 aliphatic carbocycles. The first-order valence-corrected chi connectivity index (χ1v) is 8.02. The van der Waals surface area contributed by atoms with Crippen LogP contribution in [0.1, 0.15) is 48.4 Å². The Morgan fingerprint density at radius 3 is 2.62 bits per heavy atom. The Morgan fingerprint density at radius 2 is 1.95 bits per heavy atom. The summed E-state index contributed by atoms with van der Waals surface area (Å²) in [6, 6.07) is 6.91. The maximum Gasteiger partial charge on any atom is 0.0665 e. The van der Waals surface area contributed by atoms with E-state index in [0.29, 0.717) is 12.2 Å². The highest BCUT2D eigenvalue weighted by molar-refractivity contribution is 5.31. The monoisotopic (exact) mass is 291 g/mol. The number of ether oxygens (including phenoxy) is 2. The molecule has 2 rings (SSSR count). The van der Waals surface area contributed by atoms with Crippen molar-refractivity contribution in [1.29, 1.82) is 0 Å². The molecule has 21 heavy (non-hydrogen) atoms. The van der Waals surface area contributed by atoms with E-state index in [2.05, 4.69) is 37.4 Å². The van der Waals surface area contributed by atoms with Crippen molar-refractivity contribution >= 4 is 0 Å². The first kappa shape index (κ1) is 16.5. The van der Waals surface area contributed by atoms with Gasteiger partial charge in [-0.3, -0.25) is 0 Å². The second-order valence-electron chi connectivity index (χ2n) is 6.16. The van der Waals surface area contributed by atoms with E-state index in [1.165, 1.54) is 29.5 Å². The number of methoxy groups -OCH3 is 1. The summed E-state index contributed by atoms with van der Waals surface area (Å²) in [5.74, 6) is 0. The van der Waals surface area contributed by atoms with Gasteiger partial charge in [-0.25, -0.2) is 0 Å². The van der Waals surface area contributed by atoms with Gasteiger partial charge in [0.25, 0.3) is 0 Å². The van der Waals surface area contributed by atoms with Crippen molar-refractivity contribution in [3.63, 3.8) is 0 Å². The van der Waals surface area contributed by atoms with E-state index in [1.807, 2.05) is 7.05 Å². The lowest BCUT2D eigenvalue weighted by Crippen LogP contribution is -2.31. The molecular formula is C18H29NO2. The van der Waals surface area contributed by atoms with E-state index in [4.69, 9.17) is 9.47 Å². The van der Waals surface area contributed by atoms with E-state index in [-0.39, 0.29) is 6.04 Å². The molecule has 1 aromatic rings. The van der Waals surface area contributed by atoms with Crippen LogP contribution < -0.4 is 5.32 Å². The van der Waals surface area contributed by atoms with Crippen molar-refractivity contribution in [2.45, 2.75) is 57.8 Å². The molecule has 0 heterocycles. The SMILES string of the molecule is CNC(COC1CCCC(OC)C1)c1ccc(C)c(C)c1. The van der Waals surface area contributed by atoms with Gasteiger partial charge in [-0.05, 0) is 63.3 Å². The van der Waals surface area contributed by atoms with Crippen LogP contribution in [0.25, 0.3) is 0 Å². The summed E-state index contributed by atoms with van der Waals surface area (Å²) in [6.45, 7) is 5.04. The second kappa shape index (κ2) is 7.92. The molecule has 0 saturated heterocycles. The number of rotatable bonds is 6. The molecule has 1 N–H and O–H groups in total. The molecule has 3 atom stereocenters. The average Bonchev–Trinajstić information content (AvgIpc) is 2.51. The number of hydrogen-bond donors (Lipinski definition) is 1. The quantitative estimate of drug-likeness (QED) is 0.869. The van der Waals surface area contributed by atoms with E-state index < -0.39 is 0 Å². The number of aryl methyl sites for hydroxylation is 2. The van der Waals surface area contributed by atoms with Crippen LogP contribution in [0.4, 0.5) is 0 Å². The molecule has 0 aromatic heterocycles. The lowest BCUT2D eigenvalue weighted by molar-refractivity contribution is -0.0352. The minimum absolute atomic E-state index is 0.257. The van der Waals surface area contributed by atoms with Gasteiger partial charge in [0.1, 0.15) is 0 Å². The van der Waals surface area contributed by atoms with Gasteiger partial charge in [0.2, 0.25) is 0 Å². The predicted octanol–water partition coefficient (Wildman–Crippen LogP) is 3.54. The number of hydrogen-bond acceptors (Lipinski definition) is 3. The summed E-state index contributed by atoms with van der Waals surface area (Å²) in [7, 11) is 3.81. The zero-order valence-corrected chi connectivity index (χ0v) is 13.8. The largest absolute Gasteiger partial charge is 0.381 e. The summed E-state index contributed by atoms with van der Waals surface area (Å²) < 4.78 is 11.6. The van der Waals surface area contributed by atoms with Crippen LogP contribution in [-0.4, -0.2) is 33.0 Å². The third kappa shape index (κ3) is 4.53. The van der Waals surface area contributed by atoms with Gasteiger partial charge < -0.3 is 14.8 Å². The minimum Gasteiger partial charge on any atom is -0.381 e. The van der Waals surface area contributed by atoms with Crippen molar-refractivity contribution in [1.82, 2.24) is 5.32 Å². The van der Waals surface area contributed by atoms with E-state index in [9.17, 15) is 0 Å². The smallest absolute Gasteiger partial charge is 0.0665 e. The summed E-state index contributed by atoms with van der Waals surface area (Å²) in [5.41, 5.74) is 3.98. The molecule has 0 bridgehead atoms. The highest BCUT2D eigenvalue weighted by Gasteiger charge is 2.23. The lowest BCUT2D eigenvalue weighted by atomic mass is 9.94. The van der Waals surface area contributed by atoms with Crippen LogP contribution in [0.15, 0.2) is 18.2 Å². The van der Waals surface area contributed by atoms with Gasteiger partial charge in [-0.2, -0.15) is 0 Å². The van der Waals surface area contributed by atoms with Gasteiger partial charge in [0.05, 0.1) is 24.9 Å². The van der Waals surface area contributed by atoms with Gasteiger partial charge in [-0.15, -0.1) is 0 Å². The number of likely N-dealkylation sites (N-methyl/N-ethyl adjacent to an activating group) is 1. The molecule has 1 saturated carbocycles.